The van der Waals surface area contributed by atoms with Crippen molar-refractivity contribution < 1.29 is 9.90 Å². The molecule has 0 atom stereocenters. The van der Waals surface area contributed by atoms with E-state index in [4.69, 9.17) is 5.11 Å². The Morgan fingerprint density at radius 2 is 2.04 bits per heavy atom. The third kappa shape index (κ3) is 3.89. The first kappa shape index (κ1) is 16.4. The summed E-state index contributed by atoms with van der Waals surface area (Å²) in [6, 6.07) is 9.70. The summed E-state index contributed by atoms with van der Waals surface area (Å²) < 4.78 is 1.75. The van der Waals surface area contributed by atoms with E-state index < -0.39 is 11.5 Å². The lowest BCUT2D eigenvalue weighted by molar-refractivity contribution is -0.136. The quantitative estimate of drug-likeness (QED) is 0.743. The van der Waals surface area contributed by atoms with E-state index >= 15 is 0 Å². The van der Waals surface area contributed by atoms with Crippen LogP contribution in [0.1, 0.15) is 22.6 Å². The summed E-state index contributed by atoms with van der Waals surface area (Å²) >= 11 is 0. The van der Waals surface area contributed by atoms with E-state index in [9.17, 15) is 9.59 Å². The monoisotopic (exact) mass is 336 g/mol. The predicted molar refractivity (Wildman–Crippen MR) is 93.4 cm³/mol. The fraction of sp³-hybridized carbons (Fsp3) is 0.111. The molecule has 2 aromatic heterocycles. The number of hydrogen-bond donors (Lipinski definition) is 2. The molecule has 0 amide bonds. The first-order chi connectivity index (χ1) is 12.0. The molecule has 0 saturated heterocycles. The van der Waals surface area contributed by atoms with Crippen LogP contribution in [0.2, 0.25) is 0 Å². The Morgan fingerprint density at radius 1 is 1.28 bits per heavy atom. The van der Waals surface area contributed by atoms with Gasteiger partial charge < -0.3 is 10.1 Å². The maximum Gasteiger partial charge on any atom is 0.308 e. The molecule has 0 fully saturated rings. The number of benzene rings is 1. The number of aromatic amines is 1. The lowest BCUT2D eigenvalue weighted by atomic mass is 10.1. The van der Waals surface area contributed by atoms with Gasteiger partial charge in [0.15, 0.2) is 0 Å². The largest absolute Gasteiger partial charge is 0.481 e. The van der Waals surface area contributed by atoms with Crippen molar-refractivity contribution in [1.82, 2.24) is 19.7 Å². The molecule has 2 heterocycles. The van der Waals surface area contributed by atoms with E-state index in [0.717, 1.165) is 11.3 Å². The number of nitrogens with zero attached hydrogens (tertiary/aromatic N) is 3. The van der Waals surface area contributed by atoms with Gasteiger partial charge in [-0.05, 0) is 31.2 Å². The molecule has 0 saturated carbocycles. The van der Waals surface area contributed by atoms with Crippen LogP contribution in [0.25, 0.3) is 17.8 Å². The summed E-state index contributed by atoms with van der Waals surface area (Å²) in [4.78, 5) is 29.6. The maximum absolute atomic E-state index is 12.0. The fourth-order valence-electron chi connectivity index (χ4n) is 2.39. The van der Waals surface area contributed by atoms with Crippen molar-refractivity contribution in [2.24, 2.45) is 0 Å². The second-order valence-electron chi connectivity index (χ2n) is 5.47. The minimum absolute atomic E-state index is 0.168. The van der Waals surface area contributed by atoms with Gasteiger partial charge in [0.2, 0.25) is 0 Å². The number of aryl methyl sites for hydroxylation is 1. The summed E-state index contributed by atoms with van der Waals surface area (Å²) in [5.41, 5.74) is 1.93. The van der Waals surface area contributed by atoms with E-state index in [-0.39, 0.29) is 12.0 Å². The van der Waals surface area contributed by atoms with E-state index in [1.807, 2.05) is 36.5 Å². The van der Waals surface area contributed by atoms with Crippen molar-refractivity contribution in [2.75, 3.05) is 0 Å². The molecule has 3 rings (SSSR count). The minimum atomic E-state index is -1.06. The topological polar surface area (TPSA) is 101 Å². The molecule has 7 heteroatoms. The lowest BCUT2D eigenvalue weighted by Crippen LogP contribution is -2.20. The van der Waals surface area contributed by atoms with Crippen molar-refractivity contribution in [3.05, 3.63) is 75.7 Å². The number of rotatable bonds is 5. The molecule has 0 aliphatic heterocycles. The van der Waals surface area contributed by atoms with Crippen molar-refractivity contribution >= 4 is 18.1 Å². The van der Waals surface area contributed by atoms with Gasteiger partial charge in [0.05, 0.1) is 18.3 Å². The van der Waals surface area contributed by atoms with Gasteiger partial charge >= 0.3 is 5.97 Å². The number of aromatic nitrogens is 4. The normalized spacial score (nSPS) is 11.1. The van der Waals surface area contributed by atoms with E-state index in [2.05, 4.69) is 15.1 Å². The van der Waals surface area contributed by atoms with Gasteiger partial charge in [-0.15, -0.1) is 0 Å². The number of para-hydroxylation sites is 1. The number of nitrogens with one attached hydrogen (secondary N) is 1. The average molecular weight is 336 g/mol. The van der Waals surface area contributed by atoms with Crippen LogP contribution < -0.4 is 5.56 Å². The molecule has 0 aliphatic carbocycles. The van der Waals surface area contributed by atoms with Crippen molar-refractivity contribution in [3.8, 4) is 5.69 Å². The van der Waals surface area contributed by atoms with Crippen LogP contribution in [0.5, 0.6) is 0 Å². The van der Waals surface area contributed by atoms with E-state index in [0.29, 0.717) is 11.5 Å². The number of carboxylic acids is 1. The van der Waals surface area contributed by atoms with Crippen LogP contribution >= 0.6 is 0 Å². The molecule has 25 heavy (non-hydrogen) atoms. The van der Waals surface area contributed by atoms with Crippen LogP contribution in [-0.4, -0.2) is 30.8 Å². The molecule has 0 unspecified atom stereocenters. The molecule has 0 radical (unpaired) electrons. The third-order valence-corrected chi connectivity index (χ3v) is 3.63. The molecule has 3 aromatic rings. The van der Waals surface area contributed by atoms with E-state index in [1.165, 1.54) is 0 Å². The molecule has 0 bridgehead atoms. The standard InChI is InChI=1S/C18H16N4O3/c1-12-15(9-17(23)24)18(25)21-16(20-12)8-7-13-10-19-22(11-13)14-5-3-2-4-6-14/h2-8,10-11H,9H2,1H3,(H,23,24)(H,20,21,25)/b8-7+. The Labute approximate surface area is 143 Å². The van der Waals surface area contributed by atoms with Crippen molar-refractivity contribution in [1.29, 1.82) is 0 Å². The number of H-pyrrole nitrogens is 1. The highest BCUT2D eigenvalue weighted by Gasteiger charge is 2.10. The van der Waals surface area contributed by atoms with Crippen LogP contribution in [0, 0.1) is 6.92 Å². The Bertz CT molecular complexity index is 987. The van der Waals surface area contributed by atoms with Crippen molar-refractivity contribution in [3.63, 3.8) is 0 Å². The Hall–Kier alpha value is -3.48. The Morgan fingerprint density at radius 3 is 2.72 bits per heavy atom. The number of aliphatic carboxylic acids is 1. The zero-order chi connectivity index (χ0) is 17.8. The first-order valence-corrected chi connectivity index (χ1v) is 7.62. The minimum Gasteiger partial charge on any atom is -0.481 e. The number of carbonyl (C=O) groups is 1. The molecular formula is C18H16N4O3. The Balaban J connectivity index is 1.82. The van der Waals surface area contributed by atoms with Crippen LogP contribution in [-0.2, 0) is 11.2 Å². The highest BCUT2D eigenvalue weighted by Crippen LogP contribution is 2.10. The summed E-state index contributed by atoms with van der Waals surface area (Å²) in [5.74, 6) is -0.698. The summed E-state index contributed by atoms with van der Waals surface area (Å²) in [6.45, 7) is 1.62. The van der Waals surface area contributed by atoms with Gasteiger partial charge in [0, 0.05) is 23.0 Å². The van der Waals surface area contributed by atoms with Crippen molar-refractivity contribution in [2.45, 2.75) is 13.3 Å². The van der Waals surface area contributed by atoms with Gasteiger partial charge in [0.25, 0.3) is 5.56 Å². The van der Waals surface area contributed by atoms with Crippen LogP contribution in [0.3, 0.4) is 0 Å². The molecule has 1 aromatic carbocycles. The zero-order valence-corrected chi connectivity index (χ0v) is 13.5. The molecule has 0 spiro atoms. The fourth-order valence-corrected chi connectivity index (χ4v) is 2.39. The van der Waals surface area contributed by atoms with Crippen LogP contribution in [0.4, 0.5) is 0 Å². The first-order valence-electron chi connectivity index (χ1n) is 7.62. The van der Waals surface area contributed by atoms with Crippen LogP contribution in [0.15, 0.2) is 47.5 Å². The molecule has 7 nitrogen and oxygen atoms in total. The predicted octanol–water partition coefficient (Wildman–Crippen LogP) is 2.06. The SMILES string of the molecule is Cc1nc(/C=C/c2cnn(-c3ccccc3)c2)[nH]c(=O)c1CC(=O)O. The average Bonchev–Trinajstić information content (AvgIpc) is 3.06. The summed E-state index contributed by atoms with van der Waals surface area (Å²) in [5, 5.41) is 13.1. The summed E-state index contributed by atoms with van der Waals surface area (Å²) in [6.07, 6.45) is 6.65. The van der Waals surface area contributed by atoms with E-state index in [1.54, 1.807) is 30.0 Å². The molecule has 0 aliphatic rings. The third-order valence-electron chi connectivity index (χ3n) is 3.63. The molecule has 126 valence electrons. The smallest absolute Gasteiger partial charge is 0.308 e. The number of carboxylic acid groups (broad SMARTS) is 1. The molecule has 2 N–H and O–H groups in total. The highest BCUT2D eigenvalue weighted by molar-refractivity contribution is 5.70. The van der Waals surface area contributed by atoms with Gasteiger partial charge in [0.1, 0.15) is 5.82 Å². The van der Waals surface area contributed by atoms with Gasteiger partial charge in [-0.25, -0.2) is 9.67 Å². The molecular weight excluding hydrogens is 320 g/mol. The highest BCUT2D eigenvalue weighted by atomic mass is 16.4. The van der Waals surface area contributed by atoms with Gasteiger partial charge in [-0.2, -0.15) is 5.10 Å². The maximum atomic E-state index is 12.0. The van der Waals surface area contributed by atoms with Gasteiger partial charge in [-0.1, -0.05) is 18.2 Å². The zero-order valence-electron chi connectivity index (χ0n) is 13.5. The second-order valence-corrected chi connectivity index (χ2v) is 5.47. The Kier molecular flexibility index (Phi) is 4.56. The number of hydrogen-bond acceptors (Lipinski definition) is 4. The lowest BCUT2D eigenvalue weighted by Gasteiger charge is -2.02. The second kappa shape index (κ2) is 6.96. The summed E-state index contributed by atoms with van der Waals surface area (Å²) in [7, 11) is 0. The van der Waals surface area contributed by atoms with Gasteiger partial charge in [-0.3, -0.25) is 9.59 Å².